The van der Waals surface area contributed by atoms with Gasteiger partial charge in [-0.3, -0.25) is 4.98 Å². The van der Waals surface area contributed by atoms with E-state index in [-0.39, 0.29) is 11.7 Å². The fourth-order valence-corrected chi connectivity index (χ4v) is 2.85. The Morgan fingerprint density at radius 3 is 2.95 bits per heavy atom. The van der Waals surface area contributed by atoms with Crippen LogP contribution in [0.25, 0.3) is 0 Å². The second-order valence-electron chi connectivity index (χ2n) is 5.06. The summed E-state index contributed by atoms with van der Waals surface area (Å²) in [6, 6.07) is 10.6. The molecule has 0 radical (unpaired) electrons. The summed E-state index contributed by atoms with van der Waals surface area (Å²) in [5.41, 5.74) is 2.76. The third kappa shape index (κ3) is 2.38. The standard InChI is InChI=1S/C16H16FNO/c17-14-6-2-1-4-12(14)10-15(19)13-8-7-11-5-3-9-18-16(11)13/h1-6,9,13,15,19H,7-8,10H2. The Morgan fingerprint density at radius 1 is 1.26 bits per heavy atom. The molecule has 0 saturated carbocycles. The third-order valence-electron chi connectivity index (χ3n) is 3.85. The van der Waals surface area contributed by atoms with Crippen molar-refractivity contribution in [2.45, 2.75) is 31.3 Å². The van der Waals surface area contributed by atoms with Crippen LogP contribution in [0.1, 0.15) is 29.2 Å². The Kier molecular flexibility index (Phi) is 3.30. The van der Waals surface area contributed by atoms with Gasteiger partial charge in [0.05, 0.1) is 6.10 Å². The number of benzene rings is 1. The average Bonchev–Trinajstić information content (AvgIpc) is 2.85. The molecule has 1 aliphatic carbocycles. The van der Waals surface area contributed by atoms with Crippen molar-refractivity contribution in [1.29, 1.82) is 0 Å². The third-order valence-corrected chi connectivity index (χ3v) is 3.85. The van der Waals surface area contributed by atoms with Gasteiger partial charge in [-0.05, 0) is 36.1 Å². The molecule has 3 rings (SSSR count). The summed E-state index contributed by atoms with van der Waals surface area (Å²) in [5, 5.41) is 10.4. The van der Waals surface area contributed by atoms with Crippen LogP contribution in [0.15, 0.2) is 42.6 Å². The van der Waals surface area contributed by atoms with Gasteiger partial charge in [-0.2, -0.15) is 0 Å². The Morgan fingerprint density at radius 2 is 2.11 bits per heavy atom. The van der Waals surface area contributed by atoms with Crippen LogP contribution in [0, 0.1) is 5.82 Å². The van der Waals surface area contributed by atoms with Crippen LogP contribution < -0.4 is 0 Å². The number of aliphatic hydroxyl groups excluding tert-OH is 1. The molecule has 1 heterocycles. The molecule has 0 spiro atoms. The quantitative estimate of drug-likeness (QED) is 0.917. The number of hydrogen-bond donors (Lipinski definition) is 1. The van der Waals surface area contributed by atoms with Gasteiger partial charge in [-0.15, -0.1) is 0 Å². The minimum Gasteiger partial charge on any atom is -0.392 e. The number of hydrogen-bond acceptors (Lipinski definition) is 2. The molecule has 1 aromatic heterocycles. The summed E-state index contributed by atoms with van der Waals surface area (Å²) < 4.78 is 13.6. The van der Waals surface area contributed by atoms with Gasteiger partial charge in [0.15, 0.2) is 0 Å². The number of nitrogens with zero attached hydrogens (tertiary/aromatic N) is 1. The summed E-state index contributed by atoms with van der Waals surface area (Å²) >= 11 is 0. The molecule has 1 N–H and O–H groups in total. The first-order valence-corrected chi connectivity index (χ1v) is 6.61. The molecule has 0 amide bonds. The minimum absolute atomic E-state index is 0.0239. The Labute approximate surface area is 111 Å². The van der Waals surface area contributed by atoms with Crippen molar-refractivity contribution >= 4 is 0 Å². The molecule has 2 atom stereocenters. The lowest BCUT2D eigenvalue weighted by molar-refractivity contribution is 0.140. The van der Waals surface area contributed by atoms with Gasteiger partial charge in [0, 0.05) is 24.2 Å². The van der Waals surface area contributed by atoms with Gasteiger partial charge in [0.25, 0.3) is 0 Å². The molecule has 98 valence electrons. The molecule has 3 heteroatoms. The van der Waals surface area contributed by atoms with Crippen molar-refractivity contribution in [3.63, 3.8) is 0 Å². The highest BCUT2D eigenvalue weighted by molar-refractivity contribution is 5.30. The number of rotatable bonds is 3. The lowest BCUT2D eigenvalue weighted by atomic mass is 9.94. The Balaban J connectivity index is 1.79. The highest BCUT2D eigenvalue weighted by Gasteiger charge is 2.30. The predicted octanol–water partition coefficient (Wildman–Crippen LogP) is 2.85. The fourth-order valence-electron chi connectivity index (χ4n) is 2.85. The monoisotopic (exact) mass is 257 g/mol. The topological polar surface area (TPSA) is 33.1 Å². The second kappa shape index (κ2) is 5.10. The number of aliphatic hydroxyl groups is 1. The fraction of sp³-hybridized carbons (Fsp3) is 0.312. The van der Waals surface area contributed by atoms with Crippen LogP contribution in [0.2, 0.25) is 0 Å². The molecule has 0 bridgehead atoms. The maximum atomic E-state index is 13.6. The summed E-state index contributed by atoms with van der Waals surface area (Å²) in [4.78, 5) is 4.37. The molecular weight excluding hydrogens is 241 g/mol. The van der Waals surface area contributed by atoms with E-state index in [1.165, 1.54) is 11.6 Å². The van der Waals surface area contributed by atoms with Gasteiger partial charge >= 0.3 is 0 Å². The first-order chi connectivity index (χ1) is 9.25. The van der Waals surface area contributed by atoms with E-state index >= 15 is 0 Å². The number of pyridine rings is 1. The first-order valence-electron chi connectivity index (χ1n) is 6.61. The zero-order valence-corrected chi connectivity index (χ0v) is 10.6. The second-order valence-corrected chi connectivity index (χ2v) is 5.06. The first kappa shape index (κ1) is 12.3. The van der Waals surface area contributed by atoms with Crippen LogP contribution in [0.3, 0.4) is 0 Å². The van der Waals surface area contributed by atoms with Crippen LogP contribution in [-0.4, -0.2) is 16.2 Å². The smallest absolute Gasteiger partial charge is 0.126 e. The molecule has 1 aromatic carbocycles. The lowest BCUT2D eigenvalue weighted by Crippen LogP contribution is -2.20. The zero-order chi connectivity index (χ0) is 13.2. The van der Waals surface area contributed by atoms with E-state index in [0.717, 1.165) is 18.5 Å². The van der Waals surface area contributed by atoms with E-state index in [2.05, 4.69) is 11.1 Å². The van der Waals surface area contributed by atoms with Crippen molar-refractivity contribution in [2.75, 3.05) is 0 Å². The molecule has 2 nitrogen and oxygen atoms in total. The van der Waals surface area contributed by atoms with Crippen LogP contribution in [-0.2, 0) is 12.8 Å². The van der Waals surface area contributed by atoms with Gasteiger partial charge < -0.3 is 5.11 Å². The maximum absolute atomic E-state index is 13.6. The van der Waals surface area contributed by atoms with Gasteiger partial charge in [0.2, 0.25) is 0 Å². The van der Waals surface area contributed by atoms with Crippen molar-refractivity contribution in [2.24, 2.45) is 0 Å². The molecule has 0 aliphatic heterocycles. The minimum atomic E-state index is -0.576. The van der Waals surface area contributed by atoms with Crippen molar-refractivity contribution in [3.8, 4) is 0 Å². The summed E-state index contributed by atoms with van der Waals surface area (Å²) in [6.45, 7) is 0. The number of halogens is 1. The normalized spacial score (nSPS) is 19.2. The maximum Gasteiger partial charge on any atom is 0.126 e. The highest BCUT2D eigenvalue weighted by atomic mass is 19.1. The molecule has 2 aromatic rings. The summed E-state index contributed by atoms with van der Waals surface area (Å²) in [5.74, 6) is -0.225. The largest absolute Gasteiger partial charge is 0.392 e. The van der Waals surface area contributed by atoms with Crippen molar-refractivity contribution in [3.05, 3.63) is 65.2 Å². The number of aromatic nitrogens is 1. The van der Waals surface area contributed by atoms with E-state index in [1.807, 2.05) is 6.07 Å². The molecule has 1 aliphatic rings. The van der Waals surface area contributed by atoms with E-state index in [1.54, 1.807) is 24.4 Å². The molecule has 0 saturated heterocycles. The van der Waals surface area contributed by atoms with E-state index in [9.17, 15) is 9.50 Å². The summed E-state index contributed by atoms with van der Waals surface area (Å²) in [7, 11) is 0. The van der Waals surface area contributed by atoms with E-state index in [0.29, 0.717) is 12.0 Å². The number of aryl methyl sites for hydroxylation is 1. The van der Waals surface area contributed by atoms with Crippen LogP contribution >= 0.6 is 0 Å². The number of fused-ring (bicyclic) bond motifs is 1. The van der Waals surface area contributed by atoms with Gasteiger partial charge in [0.1, 0.15) is 5.82 Å². The van der Waals surface area contributed by atoms with E-state index in [4.69, 9.17) is 0 Å². The molecular formula is C16H16FNO. The highest BCUT2D eigenvalue weighted by Crippen LogP contribution is 2.34. The molecule has 2 unspecified atom stereocenters. The van der Waals surface area contributed by atoms with Crippen LogP contribution in [0.5, 0.6) is 0 Å². The summed E-state index contributed by atoms with van der Waals surface area (Å²) in [6.07, 6.45) is 3.36. The lowest BCUT2D eigenvalue weighted by Gasteiger charge is -2.18. The van der Waals surface area contributed by atoms with Gasteiger partial charge in [-0.1, -0.05) is 24.3 Å². The average molecular weight is 257 g/mol. The van der Waals surface area contributed by atoms with E-state index < -0.39 is 6.10 Å². The van der Waals surface area contributed by atoms with Crippen molar-refractivity contribution in [1.82, 2.24) is 4.98 Å². The predicted molar refractivity (Wildman–Crippen MR) is 71.4 cm³/mol. The Hall–Kier alpha value is -1.74. The SMILES string of the molecule is OC(Cc1ccccc1F)C1CCc2cccnc21. The molecule has 0 fully saturated rings. The van der Waals surface area contributed by atoms with Crippen molar-refractivity contribution < 1.29 is 9.50 Å². The zero-order valence-electron chi connectivity index (χ0n) is 10.6. The van der Waals surface area contributed by atoms with Gasteiger partial charge in [-0.25, -0.2) is 4.39 Å². The molecule has 19 heavy (non-hydrogen) atoms. The Bertz CT molecular complexity index is 584. The van der Waals surface area contributed by atoms with Crippen LogP contribution in [0.4, 0.5) is 4.39 Å².